The van der Waals surface area contributed by atoms with Crippen LogP contribution in [-0.4, -0.2) is 65.2 Å². The van der Waals surface area contributed by atoms with Crippen molar-refractivity contribution in [2.24, 2.45) is 5.92 Å². The molecule has 7 nitrogen and oxygen atoms in total. The highest BCUT2D eigenvalue weighted by atomic mass is 16.2. The van der Waals surface area contributed by atoms with Gasteiger partial charge >= 0.3 is 0 Å². The predicted molar refractivity (Wildman–Crippen MR) is 136 cm³/mol. The summed E-state index contributed by atoms with van der Waals surface area (Å²) in [5.41, 5.74) is 4.51. The van der Waals surface area contributed by atoms with Gasteiger partial charge in [-0.2, -0.15) is 0 Å². The summed E-state index contributed by atoms with van der Waals surface area (Å²) < 4.78 is 0. The zero-order valence-corrected chi connectivity index (χ0v) is 20.7. The largest absolute Gasteiger partial charge is 0.353 e. The van der Waals surface area contributed by atoms with Gasteiger partial charge in [-0.15, -0.1) is 0 Å². The van der Waals surface area contributed by atoms with Crippen molar-refractivity contribution >= 4 is 34.4 Å². The summed E-state index contributed by atoms with van der Waals surface area (Å²) >= 11 is 0. The maximum Gasteiger partial charge on any atom is 0.261 e. The first-order valence-corrected chi connectivity index (χ1v) is 12.2. The van der Waals surface area contributed by atoms with E-state index in [0.29, 0.717) is 49.4 Å². The van der Waals surface area contributed by atoms with Crippen molar-refractivity contribution in [3.8, 4) is 0 Å². The van der Waals surface area contributed by atoms with E-state index in [4.69, 9.17) is 4.98 Å². The molecule has 0 bridgehead atoms. The fourth-order valence-electron chi connectivity index (χ4n) is 4.98. The van der Waals surface area contributed by atoms with Crippen molar-refractivity contribution in [2.75, 3.05) is 37.6 Å². The maximum absolute atomic E-state index is 13.2. The van der Waals surface area contributed by atoms with Crippen LogP contribution in [0.1, 0.15) is 56.0 Å². The Kier molecular flexibility index (Phi) is 5.79. The summed E-state index contributed by atoms with van der Waals surface area (Å²) in [5, 5.41) is 1.17. The van der Waals surface area contributed by atoms with Crippen LogP contribution in [-0.2, 0) is 0 Å². The Morgan fingerprint density at radius 2 is 1.63 bits per heavy atom. The Labute approximate surface area is 205 Å². The predicted octanol–water partition coefficient (Wildman–Crippen LogP) is 4.07. The van der Waals surface area contributed by atoms with Crippen molar-refractivity contribution in [3.63, 3.8) is 0 Å². The number of pyridine rings is 1. The van der Waals surface area contributed by atoms with Crippen LogP contribution in [0.2, 0.25) is 0 Å². The molecule has 3 heterocycles. The molecule has 0 saturated carbocycles. The summed E-state index contributed by atoms with van der Waals surface area (Å²) in [6.45, 7) is 11.0. The van der Waals surface area contributed by atoms with Gasteiger partial charge in [0.2, 0.25) is 0 Å². The molecule has 0 aliphatic carbocycles. The number of hydrogen-bond donors (Lipinski definition) is 0. The summed E-state index contributed by atoms with van der Waals surface area (Å²) in [5.74, 6) is 0.405. The summed E-state index contributed by atoms with van der Waals surface area (Å²) in [6.07, 6.45) is 0. The third kappa shape index (κ3) is 4.05. The SMILES string of the molecule is Cc1cc(N2CCN(C(=O)c3ccc4c(c3)C(=O)N(CC(C)C)C4=O)CC2)nc2c(C)cccc12. The summed E-state index contributed by atoms with van der Waals surface area (Å²) in [6, 6.07) is 13.2. The van der Waals surface area contributed by atoms with Gasteiger partial charge in [-0.25, -0.2) is 4.98 Å². The molecule has 2 aliphatic rings. The number of nitrogens with zero attached hydrogens (tertiary/aromatic N) is 4. The normalized spacial score (nSPS) is 16.0. The van der Waals surface area contributed by atoms with Gasteiger partial charge in [0, 0.05) is 43.7 Å². The second kappa shape index (κ2) is 8.80. The lowest BCUT2D eigenvalue weighted by Crippen LogP contribution is -2.49. The minimum absolute atomic E-state index is 0.117. The second-order valence-corrected chi connectivity index (χ2v) is 9.92. The van der Waals surface area contributed by atoms with Gasteiger partial charge in [-0.3, -0.25) is 19.3 Å². The van der Waals surface area contributed by atoms with Crippen molar-refractivity contribution in [3.05, 3.63) is 70.3 Å². The van der Waals surface area contributed by atoms with E-state index in [1.165, 1.54) is 15.8 Å². The second-order valence-electron chi connectivity index (χ2n) is 9.92. The fraction of sp³-hybridized carbons (Fsp3) is 0.357. The molecule has 1 fully saturated rings. The van der Waals surface area contributed by atoms with Gasteiger partial charge in [0.05, 0.1) is 16.6 Å². The van der Waals surface area contributed by atoms with Gasteiger partial charge in [0.25, 0.3) is 17.7 Å². The Morgan fingerprint density at radius 3 is 2.34 bits per heavy atom. The Balaban J connectivity index is 1.31. The minimum atomic E-state index is -0.314. The zero-order valence-electron chi connectivity index (χ0n) is 20.7. The van der Waals surface area contributed by atoms with Gasteiger partial charge in [0.1, 0.15) is 5.82 Å². The van der Waals surface area contributed by atoms with Crippen LogP contribution in [0.25, 0.3) is 10.9 Å². The van der Waals surface area contributed by atoms with Crippen LogP contribution in [0.4, 0.5) is 5.82 Å². The molecule has 3 aromatic rings. The smallest absolute Gasteiger partial charge is 0.261 e. The van der Waals surface area contributed by atoms with E-state index in [9.17, 15) is 14.4 Å². The first-order chi connectivity index (χ1) is 16.7. The number of imide groups is 1. The number of rotatable bonds is 4. The highest BCUT2D eigenvalue weighted by Crippen LogP contribution is 2.27. The molecular weight excluding hydrogens is 440 g/mol. The average molecular weight is 471 g/mol. The van der Waals surface area contributed by atoms with Crippen LogP contribution < -0.4 is 4.90 Å². The van der Waals surface area contributed by atoms with E-state index in [0.717, 1.165) is 16.9 Å². The molecule has 1 aromatic heterocycles. The van der Waals surface area contributed by atoms with Crippen molar-refractivity contribution in [1.29, 1.82) is 0 Å². The highest BCUT2D eigenvalue weighted by Gasteiger charge is 2.36. The van der Waals surface area contributed by atoms with E-state index < -0.39 is 0 Å². The van der Waals surface area contributed by atoms with Crippen LogP contribution >= 0.6 is 0 Å². The molecule has 180 valence electrons. The number of aryl methyl sites for hydroxylation is 2. The number of para-hydroxylation sites is 1. The van der Waals surface area contributed by atoms with E-state index in [2.05, 4.69) is 43.0 Å². The lowest BCUT2D eigenvalue weighted by atomic mass is 10.0. The standard InChI is InChI=1S/C28H30N4O3/c1-17(2)16-32-27(34)22-9-8-20(15-23(22)28(32)35)26(33)31-12-10-30(11-13-31)24-14-19(4)21-7-5-6-18(3)25(21)29-24/h5-9,14-15,17H,10-13,16H2,1-4H3. The van der Waals surface area contributed by atoms with Gasteiger partial charge in [-0.05, 0) is 55.2 Å². The number of aromatic nitrogens is 1. The molecule has 0 N–H and O–H groups in total. The fourth-order valence-corrected chi connectivity index (χ4v) is 4.98. The molecule has 3 amide bonds. The molecule has 5 rings (SSSR count). The molecule has 35 heavy (non-hydrogen) atoms. The Hall–Kier alpha value is -3.74. The minimum Gasteiger partial charge on any atom is -0.353 e. The number of anilines is 1. The molecule has 7 heteroatoms. The van der Waals surface area contributed by atoms with Gasteiger partial charge in [0.15, 0.2) is 0 Å². The molecule has 0 spiro atoms. The Morgan fingerprint density at radius 1 is 0.914 bits per heavy atom. The van der Waals surface area contributed by atoms with Crippen LogP contribution in [0, 0.1) is 19.8 Å². The summed E-state index contributed by atoms with van der Waals surface area (Å²) in [7, 11) is 0. The number of piperazine rings is 1. The van der Waals surface area contributed by atoms with E-state index in [-0.39, 0.29) is 23.6 Å². The Bertz CT molecular complexity index is 1360. The molecule has 2 aliphatic heterocycles. The van der Waals surface area contributed by atoms with Crippen molar-refractivity contribution < 1.29 is 14.4 Å². The van der Waals surface area contributed by atoms with Crippen LogP contribution in [0.3, 0.4) is 0 Å². The molecule has 0 atom stereocenters. The van der Waals surface area contributed by atoms with E-state index >= 15 is 0 Å². The lowest BCUT2D eigenvalue weighted by Gasteiger charge is -2.35. The first kappa shape index (κ1) is 23.0. The average Bonchev–Trinajstić information content (AvgIpc) is 3.08. The topological polar surface area (TPSA) is 73.8 Å². The maximum atomic E-state index is 13.2. The monoisotopic (exact) mass is 470 g/mol. The van der Waals surface area contributed by atoms with Crippen molar-refractivity contribution in [2.45, 2.75) is 27.7 Å². The zero-order chi connectivity index (χ0) is 24.9. The molecule has 1 saturated heterocycles. The number of hydrogen-bond acceptors (Lipinski definition) is 5. The third-order valence-electron chi connectivity index (χ3n) is 6.89. The number of carbonyl (C=O) groups excluding carboxylic acids is 3. The number of fused-ring (bicyclic) bond motifs is 2. The quantitative estimate of drug-likeness (QED) is 0.538. The van der Waals surface area contributed by atoms with Crippen LogP contribution in [0.15, 0.2) is 42.5 Å². The van der Waals surface area contributed by atoms with E-state index in [1.807, 2.05) is 18.7 Å². The lowest BCUT2D eigenvalue weighted by molar-refractivity contribution is 0.0635. The molecular formula is C28H30N4O3. The van der Waals surface area contributed by atoms with Gasteiger partial charge in [-0.1, -0.05) is 32.0 Å². The highest BCUT2D eigenvalue weighted by molar-refractivity contribution is 6.22. The van der Waals surface area contributed by atoms with Gasteiger partial charge < -0.3 is 9.80 Å². The number of carbonyl (C=O) groups is 3. The molecule has 2 aromatic carbocycles. The third-order valence-corrected chi connectivity index (χ3v) is 6.89. The van der Waals surface area contributed by atoms with E-state index in [1.54, 1.807) is 18.2 Å². The number of amides is 3. The number of benzene rings is 2. The molecule has 0 radical (unpaired) electrons. The molecule has 0 unspecified atom stereocenters. The van der Waals surface area contributed by atoms with Crippen LogP contribution in [0.5, 0.6) is 0 Å². The summed E-state index contributed by atoms with van der Waals surface area (Å²) in [4.78, 5) is 48.9. The first-order valence-electron chi connectivity index (χ1n) is 12.2. The van der Waals surface area contributed by atoms with Crippen molar-refractivity contribution in [1.82, 2.24) is 14.8 Å².